The highest BCUT2D eigenvalue weighted by molar-refractivity contribution is 5.82. The Hall–Kier alpha value is -2.13. The molecule has 138 valence electrons. The minimum Gasteiger partial charge on any atom is -0.344 e. The van der Waals surface area contributed by atoms with Crippen molar-refractivity contribution in [1.82, 2.24) is 10.2 Å². The standard InChI is InChI=1S/C23H30N2O/c1-18(25(2)17-19-11-9-10-12-19)23(26)24-22(20-13-5-3-6-14-20)21-15-7-4-8-16-21/h3-8,13-16,18-19,22H,9-12,17H2,1-2H3,(H,24,26). The number of nitrogens with one attached hydrogen (secondary N) is 1. The van der Waals surface area contributed by atoms with Crippen molar-refractivity contribution in [2.24, 2.45) is 5.92 Å². The molecule has 1 unspecified atom stereocenters. The normalized spacial score (nSPS) is 16.2. The Morgan fingerprint density at radius 3 is 2.00 bits per heavy atom. The number of carbonyl (C=O) groups excluding carboxylic acids is 1. The molecular formula is C23H30N2O. The van der Waals surface area contributed by atoms with Gasteiger partial charge < -0.3 is 5.32 Å². The Balaban J connectivity index is 1.70. The van der Waals surface area contributed by atoms with Gasteiger partial charge in [0.25, 0.3) is 0 Å². The molecule has 3 rings (SSSR count). The summed E-state index contributed by atoms with van der Waals surface area (Å²) in [5, 5.41) is 3.27. The molecule has 3 heteroatoms. The van der Waals surface area contributed by atoms with E-state index in [1.807, 2.05) is 43.3 Å². The van der Waals surface area contributed by atoms with E-state index in [-0.39, 0.29) is 18.0 Å². The number of carbonyl (C=O) groups is 1. The number of nitrogens with zero attached hydrogens (tertiary/aromatic N) is 1. The molecule has 0 spiro atoms. The zero-order valence-corrected chi connectivity index (χ0v) is 15.9. The minimum absolute atomic E-state index is 0.0863. The first-order valence-corrected chi connectivity index (χ1v) is 9.75. The van der Waals surface area contributed by atoms with Crippen molar-refractivity contribution in [2.45, 2.75) is 44.7 Å². The molecule has 1 saturated carbocycles. The molecule has 2 aromatic carbocycles. The van der Waals surface area contributed by atoms with Crippen LogP contribution in [0.2, 0.25) is 0 Å². The SMILES string of the molecule is CC(C(=O)NC(c1ccccc1)c1ccccc1)N(C)CC1CCCC1. The third kappa shape index (κ3) is 4.73. The van der Waals surface area contributed by atoms with Crippen LogP contribution >= 0.6 is 0 Å². The predicted molar refractivity (Wildman–Crippen MR) is 107 cm³/mol. The number of rotatable bonds is 7. The van der Waals surface area contributed by atoms with E-state index in [1.165, 1.54) is 25.7 Å². The van der Waals surface area contributed by atoms with Gasteiger partial charge in [-0.2, -0.15) is 0 Å². The summed E-state index contributed by atoms with van der Waals surface area (Å²) in [5.41, 5.74) is 2.22. The van der Waals surface area contributed by atoms with Gasteiger partial charge >= 0.3 is 0 Å². The number of benzene rings is 2. The topological polar surface area (TPSA) is 32.3 Å². The lowest BCUT2D eigenvalue weighted by Gasteiger charge is -2.29. The molecule has 0 radical (unpaired) electrons. The summed E-state index contributed by atoms with van der Waals surface area (Å²) in [4.78, 5) is 15.2. The van der Waals surface area contributed by atoms with Crippen LogP contribution in [0.1, 0.15) is 49.8 Å². The highest BCUT2D eigenvalue weighted by Crippen LogP contribution is 2.26. The highest BCUT2D eigenvalue weighted by atomic mass is 16.2. The molecule has 1 atom stereocenters. The third-order valence-corrected chi connectivity index (χ3v) is 5.61. The van der Waals surface area contributed by atoms with Gasteiger partial charge in [0.2, 0.25) is 5.91 Å². The molecule has 2 aromatic rings. The fourth-order valence-corrected chi connectivity index (χ4v) is 3.87. The Labute approximate surface area is 157 Å². The van der Waals surface area contributed by atoms with Crippen LogP contribution in [0.5, 0.6) is 0 Å². The second-order valence-electron chi connectivity index (χ2n) is 7.53. The predicted octanol–water partition coefficient (Wildman–Crippen LogP) is 4.40. The van der Waals surface area contributed by atoms with Crippen LogP contribution in [0, 0.1) is 5.92 Å². The van der Waals surface area contributed by atoms with Crippen LogP contribution in [0.25, 0.3) is 0 Å². The monoisotopic (exact) mass is 350 g/mol. The van der Waals surface area contributed by atoms with E-state index in [0.29, 0.717) is 0 Å². The smallest absolute Gasteiger partial charge is 0.237 e. The van der Waals surface area contributed by atoms with Crippen molar-refractivity contribution in [1.29, 1.82) is 0 Å². The summed E-state index contributed by atoms with van der Waals surface area (Å²) in [6.45, 7) is 3.02. The summed E-state index contributed by atoms with van der Waals surface area (Å²) in [7, 11) is 2.07. The summed E-state index contributed by atoms with van der Waals surface area (Å²) < 4.78 is 0. The lowest BCUT2D eigenvalue weighted by atomic mass is 9.98. The van der Waals surface area contributed by atoms with Crippen molar-refractivity contribution in [3.8, 4) is 0 Å². The van der Waals surface area contributed by atoms with Gasteiger partial charge in [0.05, 0.1) is 12.1 Å². The van der Waals surface area contributed by atoms with Crippen LogP contribution in [-0.2, 0) is 4.79 Å². The van der Waals surface area contributed by atoms with Gasteiger partial charge in [0.15, 0.2) is 0 Å². The molecule has 26 heavy (non-hydrogen) atoms. The fraction of sp³-hybridized carbons (Fsp3) is 0.435. The molecule has 0 saturated heterocycles. The number of likely N-dealkylation sites (N-methyl/N-ethyl adjacent to an activating group) is 1. The molecule has 1 amide bonds. The second kappa shape index (κ2) is 9.00. The van der Waals surface area contributed by atoms with E-state index in [4.69, 9.17) is 0 Å². The molecule has 1 aliphatic carbocycles. The van der Waals surface area contributed by atoms with Crippen molar-refractivity contribution in [2.75, 3.05) is 13.6 Å². The summed E-state index contributed by atoms with van der Waals surface area (Å²) in [6, 6.07) is 20.1. The fourth-order valence-electron chi connectivity index (χ4n) is 3.87. The van der Waals surface area contributed by atoms with Crippen LogP contribution in [0.3, 0.4) is 0 Å². The molecular weight excluding hydrogens is 320 g/mol. The molecule has 1 fully saturated rings. The van der Waals surface area contributed by atoms with E-state index in [2.05, 4.69) is 41.5 Å². The van der Waals surface area contributed by atoms with Gasteiger partial charge in [-0.15, -0.1) is 0 Å². The van der Waals surface area contributed by atoms with E-state index in [9.17, 15) is 4.79 Å². The maximum atomic E-state index is 13.0. The molecule has 0 aromatic heterocycles. The number of amides is 1. The first kappa shape index (κ1) is 18.7. The quantitative estimate of drug-likeness (QED) is 0.802. The average molecular weight is 351 g/mol. The van der Waals surface area contributed by atoms with E-state index < -0.39 is 0 Å². The lowest BCUT2D eigenvalue weighted by molar-refractivity contribution is -0.126. The molecule has 0 bridgehead atoms. The number of hydrogen-bond acceptors (Lipinski definition) is 2. The van der Waals surface area contributed by atoms with Crippen LogP contribution < -0.4 is 5.32 Å². The Kier molecular flexibility index (Phi) is 6.45. The van der Waals surface area contributed by atoms with Crippen molar-refractivity contribution in [3.63, 3.8) is 0 Å². The molecule has 0 aliphatic heterocycles. The molecule has 3 nitrogen and oxygen atoms in total. The van der Waals surface area contributed by atoms with Gasteiger partial charge in [-0.3, -0.25) is 9.69 Å². The van der Waals surface area contributed by atoms with Crippen LogP contribution in [0.4, 0.5) is 0 Å². The second-order valence-corrected chi connectivity index (χ2v) is 7.53. The van der Waals surface area contributed by atoms with Crippen LogP contribution in [0.15, 0.2) is 60.7 Å². The zero-order valence-electron chi connectivity index (χ0n) is 15.9. The van der Waals surface area contributed by atoms with Crippen molar-refractivity contribution < 1.29 is 4.79 Å². The minimum atomic E-state index is -0.134. The van der Waals surface area contributed by atoms with Gasteiger partial charge in [-0.05, 0) is 43.9 Å². The molecule has 0 heterocycles. The zero-order chi connectivity index (χ0) is 18.4. The summed E-state index contributed by atoms with van der Waals surface area (Å²) in [6.07, 6.45) is 5.27. The van der Waals surface area contributed by atoms with E-state index in [0.717, 1.165) is 23.6 Å². The van der Waals surface area contributed by atoms with Crippen molar-refractivity contribution >= 4 is 5.91 Å². The Morgan fingerprint density at radius 1 is 1.00 bits per heavy atom. The highest BCUT2D eigenvalue weighted by Gasteiger charge is 2.25. The van der Waals surface area contributed by atoms with E-state index in [1.54, 1.807) is 0 Å². The van der Waals surface area contributed by atoms with Gasteiger partial charge in [-0.1, -0.05) is 73.5 Å². The van der Waals surface area contributed by atoms with Gasteiger partial charge in [-0.25, -0.2) is 0 Å². The maximum absolute atomic E-state index is 13.0. The molecule has 1 aliphatic rings. The van der Waals surface area contributed by atoms with Crippen molar-refractivity contribution in [3.05, 3.63) is 71.8 Å². The Bertz CT molecular complexity index is 640. The first-order chi connectivity index (χ1) is 12.6. The molecule has 1 N–H and O–H groups in total. The van der Waals surface area contributed by atoms with E-state index >= 15 is 0 Å². The van der Waals surface area contributed by atoms with Gasteiger partial charge in [0.1, 0.15) is 0 Å². The third-order valence-electron chi connectivity index (χ3n) is 5.61. The largest absolute Gasteiger partial charge is 0.344 e. The Morgan fingerprint density at radius 2 is 1.50 bits per heavy atom. The van der Waals surface area contributed by atoms with Crippen LogP contribution in [-0.4, -0.2) is 30.4 Å². The lowest BCUT2D eigenvalue weighted by Crippen LogP contribution is -2.46. The first-order valence-electron chi connectivity index (χ1n) is 9.75. The summed E-state index contributed by atoms with van der Waals surface area (Å²) in [5.74, 6) is 0.831. The summed E-state index contributed by atoms with van der Waals surface area (Å²) >= 11 is 0. The van der Waals surface area contributed by atoms with Gasteiger partial charge in [0, 0.05) is 6.54 Å². The number of hydrogen-bond donors (Lipinski definition) is 1. The average Bonchev–Trinajstić information content (AvgIpc) is 3.19. The maximum Gasteiger partial charge on any atom is 0.237 e.